The number of likely N-dealkylation sites (tertiary alicyclic amines) is 1. The Morgan fingerprint density at radius 2 is 2.00 bits per heavy atom. The molecule has 1 saturated heterocycles. The first-order chi connectivity index (χ1) is 13.9. The number of hydrogen-bond donors (Lipinski definition) is 3. The fourth-order valence-corrected chi connectivity index (χ4v) is 4.27. The van der Waals surface area contributed by atoms with Crippen molar-refractivity contribution in [2.45, 2.75) is 62.8 Å². The number of β-amino-alcohol motifs (C(OH)–C–C–N with tert-alkyl or cyclic N) is 1. The van der Waals surface area contributed by atoms with Gasteiger partial charge in [0, 0.05) is 18.3 Å². The van der Waals surface area contributed by atoms with E-state index in [1.54, 1.807) is 26.8 Å². The van der Waals surface area contributed by atoms with E-state index in [1.807, 2.05) is 24.3 Å². The summed E-state index contributed by atoms with van der Waals surface area (Å²) >= 11 is 0. The number of carbonyl (C=O) groups is 3. The molecule has 3 rings (SSSR count). The van der Waals surface area contributed by atoms with Gasteiger partial charge in [-0.1, -0.05) is 30.4 Å². The third kappa shape index (κ3) is 4.14. The fraction of sp³-hybridized carbons (Fsp3) is 0.591. The summed E-state index contributed by atoms with van der Waals surface area (Å²) in [5.74, 6) is -1.66. The highest BCUT2D eigenvalue weighted by atomic mass is 16.6. The number of hydrogen-bond acceptors (Lipinski definition) is 5. The first kappa shape index (κ1) is 22.1. The molecule has 0 aromatic rings. The van der Waals surface area contributed by atoms with Gasteiger partial charge in [-0.3, -0.25) is 14.5 Å². The lowest BCUT2D eigenvalue weighted by molar-refractivity contribution is -0.131. The quantitative estimate of drug-likeness (QED) is 0.584. The van der Waals surface area contributed by atoms with Crippen LogP contribution in [0.4, 0.5) is 4.79 Å². The van der Waals surface area contributed by atoms with Gasteiger partial charge in [-0.2, -0.15) is 0 Å². The van der Waals surface area contributed by atoms with E-state index in [0.29, 0.717) is 12.8 Å². The molecule has 30 heavy (non-hydrogen) atoms. The van der Waals surface area contributed by atoms with E-state index in [1.165, 1.54) is 4.90 Å². The molecular weight excluding hydrogens is 386 g/mol. The van der Waals surface area contributed by atoms with Crippen LogP contribution in [0.5, 0.6) is 0 Å². The van der Waals surface area contributed by atoms with Crippen molar-refractivity contribution >= 4 is 17.9 Å². The second kappa shape index (κ2) is 7.58. The highest BCUT2D eigenvalue weighted by Crippen LogP contribution is 2.45. The van der Waals surface area contributed by atoms with E-state index >= 15 is 0 Å². The van der Waals surface area contributed by atoms with Crippen LogP contribution in [0.15, 0.2) is 37.0 Å². The van der Waals surface area contributed by atoms with E-state index in [-0.39, 0.29) is 24.8 Å². The van der Waals surface area contributed by atoms with Crippen molar-refractivity contribution in [1.29, 1.82) is 0 Å². The van der Waals surface area contributed by atoms with Gasteiger partial charge in [0.05, 0.1) is 12.1 Å². The van der Waals surface area contributed by atoms with Gasteiger partial charge in [0.15, 0.2) is 0 Å². The van der Waals surface area contributed by atoms with Crippen LogP contribution in [0, 0.1) is 11.8 Å². The van der Waals surface area contributed by atoms with Crippen LogP contribution in [0.1, 0.15) is 40.0 Å². The van der Waals surface area contributed by atoms with Crippen LogP contribution in [0.2, 0.25) is 0 Å². The maximum atomic E-state index is 13.2. The molecule has 5 atom stereocenters. The van der Waals surface area contributed by atoms with Crippen LogP contribution in [0.3, 0.4) is 0 Å². The predicted molar refractivity (Wildman–Crippen MR) is 111 cm³/mol. The van der Waals surface area contributed by atoms with Crippen LogP contribution in [0.25, 0.3) is 0 Å². The summed E-state index contributed by atoms with van der Waals surface area (Å²) in [5.41, 5.74) is 2.28. The number of carbonyl (C=O) groups excluding carboxylic acids is 3. The van der Waals surface area contributed by atoms with Gasteiger partial charge >= 0.3 is 6.09 Å². The molecule has 1 heterocycles. The number of rotatable bonds is 5. The van der Waals surface area contributed by atoms with E-state index in [4.69, 9.17) is 10.5 Å². The van der Waals surface area contributed by atoms with E-state index < -0.39 is 40.7 Å². The Labute approximate surface area is 176 Å². The molecule has 0 bridgehead atoms. The number of allylic oxidation sites excluding steroid dienone is 3. The maximum absolute atomic E-state index is 13.2. The lowest BCUT2D eigenvalue weighted by atomic mass is 9.81. The highest BCUT2D eigenvalue weighted by Gasteiger charge is 2.60. The molecule has 0 radical (unpaired) electrons. The van der Waals surface area contributed by atoms with Crippen molar-refractivity contribution in [3.63, 3.8) is 0 Å². The molecule has 0 spiro atoms. The largest absolute Gasteiger partial charge is 0.444 e. The Kier molecular flexibility index (Phi) is 5.58. The lowest BCUT2D eigenvalue weighted by Gasteiger charge is -2.31. The van der Waals surface area contributed by atoms with E-state index in [9.17, 15) is 19.5 Å². The van der Waals surface area contributed by atoms with Crippen molar-refractivity contribution in [2.75, 3.05) is 6.54 Å². The summed E-state index contributed by atoms with van der Waals surface area (Å²) in [6.45, 7) is 8.83. The van der Waals surface area contributed by atoms with Crippen molar-refractivity contribution in [1.82, 2.24) is 10.2 Å². The molecule has 1 saturated carbocycles. The van der Waals surface area contributed by atoms with Gasteiger partial charge in [-0.15, -0.1) is 6.58 Å². The molecule has 0 aromatic heterocycles. The zero-order chi connectivity index (χ0) is 22.3. The van der Waals surface area contributed by atoms with Crippen LogP contribution in [-0.4, -0.2) is 57.2 Å². The minimum absolute atomic E-state index is 0.0362. The van der Waals surface area contributed by atoms with E-state index in [0.717, 1.165) is 0 Å². The second-order valence-corrected chi connectivity index (χ2v) is 9.46. The summed E-state index contributed by atoms with van der Waals surface area (Å²) < 4.78 is 5.47. The lowest BCUT2D eigenvalue weighted by Crippen LogP contribution is -2.55. The number of primary amides is 1. The molecule has 3 amide bonds. The molecule has 164 valence electrons. The number of aliphatic hydroxyl groups is 1. The highest BCUT2D eigenvalue weighted by molar-refractivity contribution is 5.96. The molecule has 4 N–H and O–H groups in total. The number of nitrogens with zero attached hydrogens (tertiary/aromatic N) is 1. The maximum Gasteiger partial charge on any atom is 0.411 e. The normalized spacial score (nSPS) is 35.1. The standard InChI is InChI=1S/C22H31N3O5/c1-5-14-11-22(14,18(23)27)24-17(26)16-12-21(29,15-9-7-6-8-10-15)13-25(16)19(28)30-20(2,3)4/h5-9,14-16,29H,1,10-13H2,2-4H3,(H2,23,27)(H,24,26)/t14-,15?,16+,21+,22-/m1/s1. The molecule has 2 aliphatic carbocycles. The molecule has 2 fully saturated rings. The number of amides is 3. The molecule has 8 heteroatoms. The van der Waals surface area contributed by atoms with Crippen LogP contribution in [-0.2, 0) is 14.3 Å². The number of nitrogens with one attached hydrogen (secondary N) is 1. The monoisotopic (exact) mass is 417 g/mol. The van der Waals surface area contributed by atoms with Gasteiger partial charge < -0.3 is 20.9 Å². The van der Waals surface area contributed by atoms with Crippen molar-refractivity contribution in [3.8, 4) is 0 Å². The van der Waals surface area contributed by atoms with Crippen LogP contribution < -0.4 is 11.1 Å². The number of nitrogens with two attached hydrogens (primary N) is 1. The first-order valence-corrected chi connectivity index (χ1v) is 10.2. The minimum atomic E-state index is -1.29. The Balaban J connectivity index is 1.84. The molecule has 1 unspecified atom stereocenters. The zero-order valence-corrected chi connectivity index (χ0v) is 17.8. The Bertz CT molecular complexity index is 814. The third-order valence-electron chi connectivity index (χ3n) is 6.05. The Morgan fingerprint density at radius 3 is 2.50 bits per heavy atom. The van der Waals surface area contributed by atoms with E-state index in [2.05, 4.69) is 11.9 Å². The zero-order valence-electron chi connectivity index (χ0n) is 17.8. The molecule has 0 aromatic carbocycles. The van der Waals surface area contributed by atoms with Crippen molar-refractivity contribution < 1.29 is 24.2 Å². The fourth-order valence-electron chi connectivity index (χ4n) is 4.27. The average Bonchev–Trinajstić information content (AvgIpc) is 3.26. The predicted octanol–water partition coefficient (Wildman–Crippen LogP) is 1.41. The molecular formula is C22H31N3O5. The van der Waals surface area contributed by atoms with Gasteiger partial charge in [0.25, 0.3) is 0 Å². The second-order valence-electron chi connectivity index (χ2n) is 9.46. The number of ether oxygens (including phenoxy) is 1. The Hall–Kier alpha value is -2.61. The topological polar surface area (TPSA) is 122 Å². The smallest absolute Gasteiger partial charge is 0.411 e. The van der Waals surface area contributed by atoms with Gasteiger partial charge in [0.2, 0.25) is 11.8 Å². The van der Waals surface area contributed by atoms with Crippen LogP contribution >= 0.6 is 0 Å². The average molecular weight is 418 g/mol. The first-order valence-electron chi connectivity index (χ1n) is 10.2. The summed E-state index contributed by atoms with van der Waals surface area (Å²) in [5, 5.41) is 14.1. The third-order valence-corrected chi connectivity index (χ3v) is 6.05. The summed E-state index contributed by atoms with van der Waals surface area (Å²) in [4.78, 5) is 39.3. The molecule has 8 nitrogen and oxygen atoms in total. The summed E-state index contributed by atoms with van der Waals surface area (Å²) in [7, 11) is 0. The molecule has 1 aliphatic heterocycles. The van der Waals surface area contributed by atoms with Crippen molar-refractivity contribution in [2.24, 2.45) is 17.6 Å². The Morgan fingerprint density at radius 1 is 1.30 bits per heavy atom. The van der Waals surface area contributed by atoms with Gasteiger partial charge in [-0.05, 0) is 33.6 Å². The van der Waals surface area contributed by atoms with Gasteiger partial charge in [-0.25, -0.2) is 4.79 Å². The SMILES string of the molecule is C=C[C@@H]1C[C@]1(NC(=O)[C@@H]1C[C@@](O)(C2C=CC=CC2)CN1C(=O)OC(C)(C)C)C(N)=O. The van der Waals surface area contributed by atoms with Gasteiger partial charge in [0.1, 0.15) is 17.2 Å². The molecule has 3 aliphatic rings. The van der Waals surface area contributed by atoms with Crippen molar-refractivity contribution in [3.05, 3.63) is 37.0 Å². The summed E-state index contributed by atoms with van der Waals surface area (Å²) in [6, 6.07) is -0.980. The minimum Gasteiger partial charge on any atom is -0.444 e. The summed E-state index contributed by atoms with van der Waals surface area (Å²) in [6.07, 6.45) is 9.47.